The molecule has 0 N–H and O–H groups in total. The topological polar surface area (TPSA) is 41.4 Å². The molecule has 0 bridgehead atoms. The maximum absolute atomic E-state index is 12.8. The molecule has 0 unspecified atom stereocenters. The minimum absolute atomic E-state index is 0.219. The zero-order valence-electron chi connectivity index (χ0n) is 19.2. The number of nitrogens with zero attached hydrogens (tertiary/aromatic N) is 4. The van der Waals surface area contributed by atoms with Gasteiger partial charge in [-0.25, -0.2) is 4.98 Å². The quantitative estimate of drug-likeness (QED) is 0.451. The molecule has 5 nitrogen and oxygen atoms in total. The van der Waals surface area contributed by atoms with Crippen LogP contribution in [0.5, 0.6) is 0 Å². The van der Waals surface area contributed by atoms with Crippen molar-refractivity contribution < 1.29 is 4.79 Å². The van der Waals surface area contributed by atoms with Crippen LogP contribution in [0, 0.1) is 6.92 Å². The zero-order valence-corrected chi connectivity index (χ0v) is 19.2. The lowest BCUT2D eigenvalue weighted by molar-refractivity contribution is -0.132. The van der Waals surface area contributed by atoms with Gasteiger partial charge in [0.25, 0.3) is 0 Å². The minimum Gasteiger partial charge on any atom is -0.340 e. The molecule has 5 heteroatoms. The summed E-state index contributed by atoms with van der Waals surface area (Å²) in [5.41, 5.74) is 5.77. The van der Waals surface area contributed by atoms with Crippen LogP contribution in [0.3, 0.4) is 0 Å². The van der Waals surface area contributed by atoms with Crippen molar-refractivity contribution in [1.29, 1.82) is 0 Å². The first kappa shape index (κ1) is 21.4. The summed E-state index contributed by atoms with van der Waals surface area (Å²) in [6, 6.07) is 27.1. The monoisotopic (exact) mass is 438 g/mol. The van der Waals surface area contributed by atoms with Crippen molar-refractivity contribution in [2.75, 3.05) is 26.2 Å². The summed E-state index contributed by atoms with van der Waals surface area (Å²) in [6.07, 6.45) is 0.481. The zero-order chi connectivity index (χ0) is 22.6. The summed E-state index contributed by atoms with van der Waals surface area (Å²) in [6.45, 7) is 6.94. The van der Waals surface area contributed by atoms with Crippen molar-refractivity contribution in [3.63, 3.8) is 0 Å². The molecule has 1 fully saturated rings. The van der Waals surface area contributed by atoms with E-state index in [1.165, 1.54) is 16.6 Å². The van der Waals surface area contributed by atoms with Crippen LogP contribution in [0.4, 0.5) is 0 Å². The molecule has 0 spiro atoms. The highest BCUT2D eigenvalue weighted by Crippen LogP contribution is 2.20. The average Bonchev–Trinajstić information content (AvgIpc) is 3.17. The first-order valence-corrected chi connectivity index (χ1v) is 11.7. The van der Waals surface area contributed by atoms with Gasteiger partial charge in [0.05, 0.1) is 24.0 Å². The number of carbonyl (C=O) groups excluding carboxylic acids is 1. The SMILES string of the molecule is Cc1cccc(CC(=O)N2CCN(Cc3nc4ccccc4n3Cc3ccccc3)CC2)c1. The molecule has 0 saturated carbocycles. The second-order valence-electron chi connectivity index (χ2n) is 8.91. The van der Waals surface area contributed by atoms with E-state index >= 15 is 0 Å². The van der Waals surface area contributed by atoms with Crippen LogP contribution in [0.2, 0.25) is 0 Å². The number of piperazine rings is 1. The third-order valence-corrected chi connectivity index (χ3v) is 6.44. The number of hydrogen-bond acceptors (Lipinski definition) is 3. The van der Waals surface area contributed by atoms with E-state index in [1.807, 2.05) is 23.1 Å². The molecular weight excluding hydrogens is 408 g/mol. The van der Waals surface area contributed by atoms with Crippen LogP contribution < -0.4 is 0 Å². The number of rotatable bonds is 6. The Balaban J connectivity index is 1.25. The summed E-state index contributed by atoms with van der Waals surface area (Å²) < 4.78 is 2.33. The normalized spacial score (nSPS) is 14.6. The molecule has 33 heavy (non-hydrogen) atoms. The fourth-order valence-electron chi connectivity index (χ4n) is 4.65. The second-order valence-corrected chi connectivity index (χ2v) is 8.91. The highest BCUT2D eigenvalue weighted by atomic mass is 16.2. The second kappa shape index (κ2) is 9.59. The molecule has 0 atom stereocenters. The molecule has 168 valence electrons. The number of amides is 1. The predicted octanol–water partition coefficient (Wildman–Crippen LogP) is 4.28. The van der Waals surface area contributed by atoms with Crippen molar-refractivity contribution in [1.82, 2.24) is 19.4 Å². The largest absolute Gasteiger partial charge is 0.340 e. The van der Waals surface area contributed by atoms with E-state index in [4.69, 9.17) is 4.98 Å². The number of aromatic nitrogens is 2. The fraction of sp³-hybridized carbons (Fsp3) is 0.286. The Morgan fingerprint density at radius 1 is 0.818 bits per heavy atom. The highest BCUT2D eigenvalue weighted by Gasteiger charge is 2.23. The number of benzene rings is 3. The summed E-state index contributed by atoms with van der Waals surface area (Å²) in [7, 11) is 0. The first-order chi connectivity index (χ1) is 16.2. The molecule has 5 rings (SSSR count). The number of carbonyl (C=O) groups is 1. The van der Waals surface area contributed by atoms with Gasteiger partial charge in [-0.3, -0.25) is 9.69 Å². The van der Waals surface area contributed by atoms with Crippen LogP contribution in [0.1, 0.15) is 22.5 Å². The Morgan fingerprint density at radius 2 is 1.55 bits per heavy atom. The van der Waals surface area contributed by atoms with E-state index in [9.17, 15) is 4.79 Å². The van der Waals surface area contributed by atoms with Crippen molar-refractivity contribution >= 4 is 16.9 Å². The third kappa shape index (κ3) is 4.99. The lowest BCUT2D eigenvalue weighted by Crippen LogP contribution is -2.49. The Bertz CT molecular complexity index is 1240. The van der Waals surface area contributed by atoms with E-state index in [-0.39, 0.29) is 5.91 Å². The van der Waals surface area contributed by atoms with Gasteiger partial charge in [0.2, 0.25) is 5.91 Å². The van der Waals surface area contributed by atoms with Gasteiger partial charge in [-0.15, -0.1) is 0 Å². The molecule has 0 aliphatic carbocycles. The molecule has 0 radical (unpaired) electrons. The van der Waals surface area contributed by atoms with Crippen molar-refractivity contribution in [3.8, 4) is 0 Å². The van der Waals surface area contributed by atoms with Gasteiger partial charge in [0, 0.05) is 32.7 Å². The molecule has 1 aliphatic heterocycles. The van der Waals surface area contributed by atoms with E-state index in [0.29, 0.717) is 6.42 Å². The first-order valence-electron chi connectivity index (χ1n) is 11.7. The number of imidazole rings is 1. The van der Waals surface area contributed by atoms with Crippen LogP contribution in [-0.2, 0) is 24.3 Å². The van der Waals surface area contributed by atoms with Crippen LogP contribution in [0.25, 0.3) is 11.0 Å². The number of fused-ring (bicyclic) bond motifs is 1. The van der Waals surface area contributed by atoms with Gasteiger partial charge in [-0.05, 0) is 30.2 Å². The molecule has 1 amide bonds. The third-order valence-electron chi connectivity index (χ3n) is 6.44. The molecule has 1 aliphatic rings. The van der Waals surface area contributed by atoms with Crippen molar-refractivity contribution in [2.45, 2.75) is 26.4 Å². The van der Waals surface area contributed by atoms with Gasteiger partial charge >= 0.3 is 0 Å². The average molecular weight is 439 g/mol. The summed E-state index contributed by atoms with van der Waals surface area (Å²) in [5, 5.41) is 0. The van der Waals surface area contributed by atoms with E-state index in [1.54, 1.807) is 0 Å². The lowest BCUT2D eigenvalue weighted by atomic mass is 10.1. The predicted molar refractivity (Wildman–Crippen MR) is 132 cm³/mol. The molecule has 2 heterocycles. The maximum Gasteiger partial charge on any atom is 0.227 e. The Hall–Kier alpha value is -3.44. The van der Waals surface area contributed by atoms with Crippen LogP contribution >= 0.6 is 0 Å². The standard InChI is InChI=1S/C28H30N4O/c1-22-8-7-11-24(18-22)19-28(33)31-16-14-30(15-17-31)21-27-29-25-12-5-6-13-26(25)32(27)20-23-9-3-2-4-10-23/h2-13,18H,14-17,19-21H2,1H3. The number of para-hydroxylation sites is 2. The summed E-state index contributed by atoms with van der Waals surface area (Å²) >= 11 is 0. The Morgan fingerprint density at radius 3 is 2.33 bits per heavy atom. The van der Waals surface area contributed by atoms with Gasteiger partial charge < -0.3 is 9.47 Å². The summed E-state index contributed by atoms with van der Waals surface area (Å²) in [4.78, 5) is 22.2. The van der Waals surface area contributed by atoms with Crippen molar-refractivity contribution in [2.24, 2.45) is 0 Å². The highest BCUT2D eigenvalue weighted by molar-refractivity contribution is 5.79. The Kier molecular flexibility index (Phi) is 6.22. The van der Waals surface area contributed by atoms with Crippen LogP contribution in [-0.4, -0.2) is 51.4 Å². The lowest BCUT2D eigenvalue weighted by Gasteiger charge is -2.34. The van der Waals surface area contributed by atoms with E-state index in [0.717, 1.165) is 56.2 Å². The van der Waals surface area contributed by atoms with Gasteiger partial charge in [0.1, 0.15) is 5.82 Å². The van der Waals surface area contributed by atoms with Gasteiger partial charge in [-0.2, -0.15) is 0 Å². The molecule has 4 aromatic rings. The Labute approximate surface area is 195 Å². The number of aryl methyl sites for hydroxylation is 1. The molecular formula is C28H30N4O. The van der Waals surface area contributed by atoms with E-state index < -0.39 is 0 Å². The van der Waals surface area contributed by atoms with Gasteiger partial charge in [0.15, 0.2) is 0 Å². The molecule has 1 aromatic heterocycles. The van der Waals surface area contributed by atoms with Gasteiger partial charge in [-0.1, -0.05) is 72.3 Å². The molecule has 3 aromatic carbocycles. The van der Waals surface area contributed by atoms with Crippen LogP contribution in [0.15, 0.2) is 78.9 Å². The van der Waals surface area contributed by atoms with Crippen molar-refractivity contribution in [3.05, 3.63) is 101 Å². The fourth-order valence-corrected chi connectivity index (χ4v) is 4.65. The molecule has 1 saturated heterocycles. The smallest absolute Gasteiger partial charge is 0.227 e. The van der Waals surface area contributed by atoms with E-state index in [2.05, 4.69) is 77.1 Å². The maximum atomic E-state index is 12.8. The summed E-state index contributed by atoms with van der Waals surface area (Å²) in [5.74, 6) is 1.30. The number of hydrogen-bond donors (Lipinski definition) is 0. The minimum atomic E-state index is 0.219.